The molecule has 0 aliphatic heterocycles. The highest BCUT2D eigenvalue weighted by Crippen LogP contribution is 2.40. The fraction of sp³-hybridized carbons (Fsp3) is 0.435. The second-order valence-electron chi connectivity index (χ2n) is 7.44. The molecule has 0 heterocycles. The van der Waals surface area contributed by atoms with E-state index in [2.05, 4.69) is 5.32 Å². The highest BCUT2D eigenvalue weighted by atomic mass is 19.1. The molecule has 0 spiro atoms. The van der Waals surface area contributed by atoms with Crippen molar-refractivity contribution >= 4 is 5.78 Å². The molecule has 1 N–H and O–H groups in total. The molecule has 0 aromatic heterocycles. The minimum absolute atomic E-state index is 0.0385. The number of nitrogens with one attached hydrogen (secondary N) is 1. The van der Waals surface area contributed by atoms with E-state index in [-0.39, 0.29) is 30.5 Å². The molecular weight excluding hydrogens is 360 g/mol. The molecule has 0 bridgehead atoms. The Balaban J connectivity index is 1.48. The molecule has 3 nitrogen and oxygen atoms in total. The van der Waals surface area contributed by atoms with E-state index in [0.29, 0.717) is 5.56 Å². The number of ether oxygens (including phenoxy) is 1. The van der Waals surface area contributed by atoms with Crippen LogP contribution in [-0.4, -0.2) is 25.2 Å². The Morgan fingerprint density at radius 3 is 2.39 bits per heavy atom. The van der Waals surface area contributed by atoms with Crippen LogP contribution < -0.4 is 5.32 Å². The van der Waals surface area contributed by atoms with Crippen LogP contribution >= 0.6 is 0 Å². The zero-order valence-corrected chi connectivity index (χ0v) is 16.2. The van der Waals surface area contributed by atoms with Crippen molar-refractivity contribution in [3.8, 4) is 0 Å². The summed E-state index contributed by atoms with van der Waals surface area (Å²) in [5.74, 6) is -0.306. The third-order valence-electron chi connectivity index (χ3n) is 5.69. The van der Waals surface area contributed by atoms with Gasteiger partial charge in [0.25, 0.3) is 0 Å². The van der Waals surface area contributed by atoms with Crippen LogP contribution in [0.1, 0.15) is 54.4 Å². The average molecular weight is 387 g/mol. The van der Waals surface area contributed by atoms with Gasteiger partial charge in [0.15, 0.2) is 12.1 Å². The first kappa shape index (κ1) is 20.6. The summed E-state index contributed by atoms with van der Waals surface area (Å²) in [5, 5.41) is 3.01. The van der Waals surface area contributed by atoms with Gasteiger partial charge in [-0.05, 0) is 49.8 Å². The topological polar surface area (TPSA) is 38.3 Å². The van der Waals surface area contributed by atoms with E-state index < -0.39 is 11.9 Å². The number of carbonyl (C=O) groups excluding carboxylic acids is 1. The van der Waals surface area contributed by atoms with E-state index >= 15 is 0 Å². The summed E-state index contributed by atoms with van der Waals surface area (Å²) in [6.45, 7) is 0. The number of rotatable bonds is 8. The Kier molecular flexibility index (Phi) is 6.92. The predicted molar refractivity (Wildman–Crippen MR) is 105 cm³/mol. The average Bonchev–Trinajstić information content (AvgIpc) is 2.74. The lowest BCUT2D eigenvalue weighted by Crippen LogP contribution is -2.43. The van der Waals surface area contributed by atoms with Gasteiger partial charge in [-0.2, -0.15) is 0 Å². The van der Waals surface area contributed by atoms with Crippen molar-refractivity contribution in [1.29, 1.82) is 0 Å². The standard InChI is InChI=1S/C23H27F2NO2/c1-28-23(18-7-9-19(24)10-8-18)15-13-20(14-16-23)26-22(25)12-11-21(27)17-5-3-2-4-6-17/h2-10,20,22,26H,11-16H2,1H3. The molecule has 1 unspecified atom stereocenters. The second-order valence-corrected chi connectivity index (χ2v) is 7.44. The lowest BCUT2D eigenvalue weighted by Gasteiger charge is -2.40. The molecule has 1 atom stereocenters. The van der Waals surface area contributed by atoms with E-state index in [1.165, 1.54) is 12.1 Å². The normalized spacial score (nSPS) is 23.3. The molecular formula is C23H27F2NO2. The van der Waals surface area contributed by atoms with Gasteiger partial charge in [-0.3, -0.25) is 10.1 Å². The van der Waals surface area contributed by atoms with Gasteiger partial charge in [-0.15, -0.1) is 0 Å². The lowest BCUT2D eigenvalue weighted by molar-refractivity contribution is -0.0521. The van der Waals surface area contributed by atoms with Gasteiger partial charge in [-0.1, -0.05) is 42.5 Å². The van der Waals surface area contributed by atoms with E-state index in [1.54, 1.807) is 31.4 Å². The number of alkyl halides is 1. The molecule has 1 aliphatic carbocycles. The highest BCUT2D eigenvalue weighted by molar-refractivity contribution is 5.95. The first-order chi connectivity index (χ1) is 13.5. The van der Waals surface area contributed by atoms with Gasteiger partial charge in [0.1, 0.15) is 5.82 Å². The summed E-state index contributed by atoms with van der Waals surface area (Å²) in [4.78, 5) is 12.1. The highest BCUT2D eigenvalue weighted by Gasteiger charge is 2.37. The Morgan fingerprint density at radius 2 is 1.79 bits per heavy atom. The maximum absolute atomic E-state index is 14.4. The number of Topliss-reactive ketones (excluding diaryl/α,β-unsaturated/α-hetero) is 1. The molecule has 1 fully saturated rings. The third-order valence-corrected chi connectivity index (χ3v) is 5.69. The summed E-state index contributed by atoms with van der Waals surface area (Å²) < 4.78 is 33.4. The van der Waals surface area contributed by atoms with Crippen LogP contribution in [0.15, 0.2) is 54.6 Å². The van der Waals surface area contributed by atoms with Crippen LogP contribution in [0.3, 0.4) is 0 Å². The molecule has 150 valence electrons. The molecule has 5 heteroatoms. The number of ketones is 1. The number of benzene rings is 2. The number of hydrogen-bond donors (Lipinski definition) is 1. The van der Waals surface area contributed by atoms with Crippen molar-refractivity contribution < 1.29 is 18.3 Å². The number of methoxy groups -OCH3 is 1. The maximum atomic E-state index is 14.4. The fourth-order valence-corrected chi connectivity index (χ4v) is 3.98. The SMILES string of the molecule is COC1(c2ccc(F)cc2)CCC(NC(F)CCC(=O)c2ccccc2)CC1. The zero-order chi connectivity index (χ0) is 20.0. The zero-order valence-electron chi connectivity index (χ0n) is 16.2. The van der Waals surface area contributed by atoms with E-state index in [0.717, 1.165) is 31.2 Å². The predicted octanol–water partition coefficient (Wildman–Crippen LogP) is 5.16. The molecule has 0 amide bonds. The molecule has 2 aromatic carbocycles. The molecule has 2 aromatic rings. The van der Waals surface area contributed by atoms with Crippen LogP contribution in [0.5, 0.6) is 0 Å². The van der Waals surface area contributed by atoms with Gasteiger partial charge < -0.3 is 4.74 Å². The van der Waals surface area contributed by atoms with Crippen molar-refractivity contribution in [2.75, 3.05) is 7.11 Å². The minimum atomic E-state index is -1.21. The fourth-order valence-electron chi connectivity index (χ4n) is 3.98. The molecule has 3 rings (SSSR count). The smallest absolute Gasteiger partial charge is 0.163 e. The quantitative estimate of drug-likeness (QED) is 0.502. The van der Waals surface area contributed by atoms with Crippen LogP contribution in [0, 0.1) is 5.82 Å². The number of carbonyl (C=O) groups is 1. The molecule has 0 saturated heterocycles. The van der Waals surface area contributed by atoms with Gasteiger partial charge in [0, 0.05) is 25.1 Å². The van der Waals surface area contributed by atoms with Gasteiger partial charge in [-0.25, -0.2) is 8.78 Å². The largest absolute Gasteiger partial charge is 0.374 e. The number of halogens is 2. The minimum Gasteiger partial charge on any atom is -0.374 e. The van der Waals surface area contributed by atoms with Crippen molar-refractivity contribution in [3.05, 3.63) is 71.5 Å². The van der Waals surface area contributed by atoms with Crippen LogP contribution in [0.25, 0.3) is 0 Å². The maximum Gasteiger partial charge on any atom is 0.163 e. The second kappa shape index (κ2) is 9.39. The monoisotopic (exact) mass is 387 g/mol. The Morgan fingerprint density at radius 1 is 1.14 bits per heavy atom. The summed E-state index contributed by atoms with van der Waals surface area (Å²) in [6, 6.07) is 15.4. The van der Waals surface area contributed by atoms with Crippen LogP contribution in [-0.2, 0) is 10.3 Å². The van der Waals surface area contributed by atoms with E-state index in [1.807, 2.05) is 18.2 Å². The van der Waals surface area contributed by atoms with Gasteiger partial charge in [0.2, 0.25) is 0 Å². The Hall–Kier alpha value is -2.11. The van der Waals surface area contributed by atoms with Crippen molar-refractivity contribution in [1.82, 2.24) is 5.32 Å². The van der Waals surface area contributed by atoms with Crippen LogP contribution in [0.2, 0.25) is 0 Å². The molecule has 0 radical (unpaired) electrons. The Labute approximate surface area is 165 Å². The molecule has 1 saturated carbocycles. The summed E-state index contributed by atoms with van der Waals surface area (Å²) >= 11 is 0. The summed E-state index contributed by atoms with van der Waals surface area (Å²) in [6.07, 6.45) is 2.14. The first-order valence-electron chi connectivity index (χ1n) is 9.82. The lowest BCUT2D eigenvalue weighted by atomic mass is 9.77. The molecule has 1 aliphatic rings. The Bertz CT molecular complexity index is 756. The van der Waals surface area contributed by atoms with E-state index in [9.17, 15) is 13.6 Å². The summed E-state index contributed by atoms with van der Waals surface area (Å²) in [7, 11) is 1.67. The van der Waals surface area contributed by atoms with E-state index in [4.69, 9.17) is 4.74 Å². The third kappa shape index (κ3) is 5.03. The van der Waals surface area contributed by atoms with Gasteiger partial charge >= 0.3 is 0 Å². The summed E-state index contributed by atoms with van der Waals surface area (Å²) in [5.41, 5.74) is 1.14. The number of hydrogen-bond acceptors (Lipinski definition) is 3. The van der Waals surface area contributed by atoms with Crippen molar-refractivity contribution in [2.45, 2.75) is 56.5 Å². The molecule has 28 heavy (non-hydrogen) atoms. The van der Waals surface area contributed by atoms with Crippen LogP contribution in [0.4, 0.5) is 8.78 Å². The van der Waals surface area contributed by atoms with Gasteiger partial charge in [0.05, 0.1) is 5.60 Å². The van der Waals surface area contributed by atoms with Crippen molar-refractivity contribution in [3.63, 3.8) is 0 Å². The van der Waals surface area contributed by atoms with Crippen molar-refractivity contribution in [2.24, 2.45) is 0 Å². The first-order valence-corrected chi connectivity index (χ1v) is 9.82.